The van der Waals surface area contributed by atoms with Crippen LogP contribution in [0.2, 0.25) is 5.15 Å². The molecule has 76 valence electrons. The molecule has 0 aliphatic carbocycles. The van der Waals surface area contributed by atoms with E-state index < -0.39 is 0 Å². The van der Waals surface area contributed by atoms with Gasteiger partial charge >= 0.3 is 0 Å². The van der Waals surface area contributed by atoms with Gasteiger partial charge < -0.3 is 0 Å². The van der Waals surface area contributed by atoms with E-state index in [4.69, 9.17) is 11.6 Å². The first-order valence-electron chi connectivity index (χ1n) is 4.50. The molecule has 0 amide bonds. The lowest BCUT2D eigenvalue weighted by molar-refractivity contribution is 0.976. The van der Waals surface area contributed by atoms with Crippen molar-refractivity contribution < 1.29 is 0 Å². The van der Waals surface area contributed by atoms with Crippen LogP contribution in [0.15, 0.2) is 17.2 Å². The van der Waals surface area contributed by atoms with Crippen LogP contribution in [-0.4, -0.2) is 15.9 Å². The molecule has 0 saturated carbocycles. The maximum Gasteiger partial charge on any atom is 0.168 e. The second-order valence-corrected chi connectivity index (χ2v) is 3.34. The van der Waals surface area contributed by atoms with E-state index in [9.17, 15) is 0 Å². The third-order valence-electron chi connectivity index (χ3n) is 1.61. The summed E-state index contributed by atoms with van der Waals surface area (Å²) in [4.78, 5) is 0. The lowest BCUT2D eigenvalue weighted by atomic mass is 10.2. The molecule has 0 fully saturated rings. The molecular formula is C9H13ClN4. The number of halogens is 1. The maximum absolute atomic E-state index is 5.59. The fraction of sp³-hybridized carbons (Fsp3) is 0.444. The fourth-order valence-corrected chi connectivity index (χ4v) is 1.05. The van der Waals surface area contributed by atoms with Crippen molar-refractivity contribution in [2.45, 2.75) is 26.7 Å². The van der Waals surface area contributed by atoms with Crippen molar-refractivity contribution in [2.75, 3.05) is 5.43 Å². The molecule has 0 aromatic carbocycles. The zero-order chi connectivity index (χ0) is 10.4. The lowest BCUT2D eigenvalue weighted by Crippen LogP contribution is -1.99. The second kappa shape index (κ2) is 5.54. The van der Waals surface area contributed by atoms with E-state index in [1.54, 1.807) is 12.1 Å². The van der Waals surface area contributed by atoms with Crippen LogP contribution < -0.4 is 5.43 Å². The van der Waals surface area contributed by atoms with E-state index in [-0.39, 0.29) is 0 Å². The van der Waals surface area contributed by atoms with E-state index in [1.165, 1.54) is 0 Å². The van der Waals surface area contributed by atoms with Gasteiger partial charge in [-0.2, -0.15) is 5.10 Å². The molecule has 5 heteroatoms. The second-order valence-electron chi connectivity index (χ2n) is 2.95. The number of aromatic nitrogens is 2. The third-order valence-corrected chi connectivity index (χ3v) is 1.81. The zero-order valence-electron chi connectivity index (χ0n) is 8.29. The van der Waals surface area contributed by atoms with Crippen LogP contribution >= 0.6 is 11.6 Å². The summed E-state index contributed by atoms with van der Waals surface area (Å²) in [5, 5.41) is 12.0. The number of anilines is 1. The van der Waals surface area contributed by atoms with Gasteiger partial charge in [0.2, 0.25) is 0 Å². The molecule has 1 aromatic rings. The Morgan fingerprint density at radius 3 is 2.86 bits per heavy atom. The molecule has 0 bridgehead atoms. The first-order chi connectivity index (χ1) is 6.72. The molecule has 1 aromatic heterocycles. The molecule has 1 rings (SSSR count). The zero-order valence-corrected chi connectivity index (χ0v) is 9.04. The van der Waals surface area contributed by atoms with Crippen molar-refractivity contribution in [3.8, 4) is 0 Å². The fourth-order valence-electron chi connectivity index (χ4n) is 0.946. The number of hydrogen-bond acceptors (Lipinski definition) is 4. The molecule has 0 atom stereocenters. The summed E-state index contributed by atoms with van der Waals surface area (Å²) in [7, 11) is 0. The Morgan fingerprint density at radius 1 is 1.50 bits per heavy atom. The van der Waals surface area contributed by atoms with E-state index in [0.29, 0.717) is 11.0 Å². The van der Waals surface area contributed by atoms with Crippen molar-refractivity contribution >= 4 is 23.1 Å². The van der Waals surface area contributed by atoms with E-state index >= 15 is 0 Å². The van der Waals surface area contributed by atoms with E-state index in [1.807, 2.05) is 6.92 Å². The number of nitrogens with one attached hydrogen (secondary N) is 1. The van der Waals surface area contributed by atoms with Gasteiger partial charge in [0.15, 0.2) is 11.0 Å². The standard InChI is InChI=1S/C9H13ClN4/c1-3-4-7(2)11-13-9-6-5-8(10)12-14-9/h5-6H,3-4H2,1-2H3,(H,13,14). The highest BCUT2D eigenvalue weighted by Crippen LogP contribution is 2.06. The molecule has 0 unspecified atom stereocenters. The minimum atomic E-state index is 0.379. The number of nitrogens with zero attached hydrogens (tertiary/aromatic N) is 3. The number of hydrogen-bond donors (Lipinski definition) is 1. The van der Waals surface area contributed by atoms with Crippen LogP contribution in [0.1, 0.15) is 26.7 Å². The van der Waals surface area contributed by atoms with Gasteiger partial charge in [-0.25, -0.2) is 0 Å². The predicted octanol–water partition coefficient (Wildman–Crippen LogP) is 2.72. The summed E-state index contributed by atoms with van der Waals surface area (Å²) in [6.45, 7) is 4.08. The molecule has 4 nitrogen and oxygen atoms in total. The predicted molar refractivity (Wildman–Crippen MR) is 58.7 cm³/mol. The smallest absolute Gasteiger partial charge is 0.168 e. The Kier molecular flexibility index (Phi) is 4.32. The molecule has 0 radical (unpaired) electrons. The summed E-state index contributed by atoms with van der Waals surface area (Å²) in [5.41, 5.74) is 3.86. The summed E-state index contributed by atoms with van der Waals surface area (Å²) in [5.74, 6) is 0.602. The van der Waals surface area contributed by atoms with Gasteiger partial charge in [-0.15, -0.1) is 10.2 Å². The summed E-state index contributed by atoms with van der Waals surface area (Å²) in [6.07, 6.45) is 2.07. The Hall–Kier alpha value is -1.16. The SMILES string of the molecule is CCCC(C)=NNc1ccc(Cl)nn1. The number of hydrazone groups is 1. The van der Waals surface area contributed by atoms with Gasteiger partial charge in [-0.3, -0.25) is 5.43 Å². The van der Waals surface area contributed by atoms with E-state index in [0.717, 1.165) is 18.6 Å². The summed E-state index contributed by atoms with van der Waals surface area (Å²) in [6, 6.07) is 3.40. The summed E-state index contributed by atoms with van der Waals surface area (Å²) >= 11 is 5.59. The van der Waals surface area contributed by atoms with Gasteiger partial charge in [-0.1, -0.05) is 24.9 Å². The topological polar surface area (TPSA) is 50.2 Å². The molecule has 0 saturated heterocycles. The molecule has 14 heavy (non-hydrogen) atoms. The molecule has 0 aliphatic heterocycles. The van der Waals surface area contributed by atoms with Crippen molar-refractivity contribution in [1.82, 2.24) is 10.2 Å². The Bertz CT molecular complexity index is 307. The van der Waals surface area contributed by atoms with Crippen molar-refractivity contribution in [3.63, 3.8) is 0 Å². The molecule has 1 heterocycles. The highest BCUT2D eigenvalue weighted by molar-refractivity contribution is 6.29. The average molecular weight is 213 g/mol. The lowest BCUT2D eigenvalue weighted by Gasteiger charge is -2.00. The Labute approximate surface area is 88.4 Å². The van der Waals surface area contributed by atoms with Crippen LogP contribution in [-0.2, 0) is 0 Å². The van der Waals surface area contributed by atoms with Gasteiger partial charge in [0.05, 0.1) is 0 Å². The van der Waals surface area contributed by atoms with Crippen LogP contribution in [0.5, 0.6) is 0 Å². The van der Waals surface area contributed by atoms with Gasteiger partial charge in [-0.05, 0) is 25.5 Å². The van der Waals surface area contributed by atoms with Crippen LogP contribution in [0.3, 0.4) is 0 Å². The largest absolute Gasteiger partial charge is 0.260 e. The first-order valence-corrected chi connectivity index (χ1v) is 4.88. The van der Waals surface area contributed by atoms with Crippen LogP contribution in [0.4, 0.5) is 5.82 Å². The van der Waals surface area contributed by atoms with Crippen LogP contribution in [0.25, 0.3) is 0 Å². The molecule has 0 aliphatic rings. The number of rotatable bonds is 4. The van der Waals surface area contributed by atoms with Crippen LogP contribution in [0, 0.1) is 0 Å². The van der Waals surface area contributed by atoms with Crippen molar-refractivity contribution in [3.05, 3.63) is 17.3 Å². The Balaban J connectivity index is 2.53. The van der Waals surface area contributed by atoms with Gasteiger partial charge in [0, 0.05) is 5.71 Å². The first kappa shape index (κ1) is 10.9. The van der Waals surface area contributed by atoms with Crippen molar-refractivity contribution in [1.29, 1.82) is 0 Å². The Morgan fingerprint density at radius 2 is 2.29 bits per heavy atom. The molecular weight excluding hydrogens is 200 g/mol. The molecule has 0 spiro atoms. The average Bonchev–Trinajstić information content (AvgIpc) is 2.17. The molecule has 1 N–H and O–H groups in total. The van der Waals surface area contributed by atoms with Crippen molar-refractivity contribution in [2.24, 2.45) is 5.10 Å². The quantitative estimate of drug-likeness (QED) is 0.617. The third kappa shape index (κ3) is 3.70. The summed E-state index contributed by atoms with van der Waals surface area (Å²) < 4.78 is 0. The minimum absolute atomic E-state index is 0.379. The van der Waals surface area contributed by atoms with E-state index in [2.05, 4.69) is 27.6 Å². The minimum Gasteiger partial charge on any atom is -0.260 e. The maximum atomic E-state index is 5.59. The normalized spacial score (nSPS) is 11.5. The highest BCUT2D eigenvalue weighted by atomic mass is 35.5. The van der Waals surface area contributed by atoms with Gasteiger partial charge in [0.1, 0.15) is 0 Å². The highest BCUT2D eigenvalue weighted by Gasteiger charge is 1.93. The van der Waals surface area contributed by atoms with Gasteiger partial charge in [0.25, 0.3) is 0 Å². The monoisotopic (exact) mass is 212 g/mol.